The van der Waals surface area contributed by atoms with Crippen LogP contribution >= 0.6 is 0 Å². The highest BCUT2D eigenvalue weighted by Gasteiger charge is 2.25. The number of hydrogen-bond donors (Lipinski definition) is 0. The lowest BCUT2D eigenvalue weighted by molar-refractivity contribution is 0.0240. The van der Waals surface area contributed by atoms with Gasteiger partial charge in [0.25, 0.3) is 0 Å². The molecule has 0 radical (unpaired) electrons. The van der Waals surface area contributed by atoms with Gasteiger partial charge in [0, 0.05) is 37.4 Å². The van der Waals surface area contributed by atoms with Gasteiger partial charge in [-0.25, -0.2) is 4.79 Å². The number of ether oxygens (including phenoxy) is 1. The molecule has 0 aliphatic carbocycles. The molecule has 1 amide bonds. The zero-order valence-corrected chi connectivity index (χ0v) is 12.9. The molecule has 1 fully saturated rings. The molecule has 21 heavy (non-hydrogen) atoms. The molecule has 0 spiro atoms. The smallest absolute Gasteiger partial charge is 0.410 e. The summed E-state index contributed by atoms with van der Waals surface area (Å²) in [5.74, 6) is 2.61. The van der Waals surface area contributed by atoms with Gasteiger partial charge in [-0.3, -0.25) is 0 Å². The molecule has 0 atom stereocenters. The zero-order chi connectivity index (χ0) is 15.5. The van der Waals surface area contributed by atoms with E-state index in [1.807, 2.05) is 45.0 Å². The fourth-order valence-corrected chi connectivity index (χ4v) is 2.24. The summed E-state index contributed by atoms with van der Waals surface area (Å²) in [7, 11) is 0. The Morgan fingerprint density at radius 2 is 1.71 bits per heavy atom. The zero-order valence-electron chi connectivity index (χ0n) is 12.9. The van der Waals surface area contributed by atoms with Crippen LogP contribution in [-0.4, -0.2) is 42.8 Å². The second-order valence-electron chi connectivity index (χ2n) is 6.15. The van der Waals surface area contributed by atoms with E-state index < -0.39 is 5.60 Å². The Labute approximate surface area is 126 Å². The summed E-state index contributed by atoms with van der Waals surface area (Å²) in [5, 5.41) is 0. The van der Waals surface area contributed by atoms with Crippen LogP contribution in [0.15, 0.2) is 24.3 Å². The predicted molar refractivity (Wildman–Crippen MR) is 84.4 cm³/mol. The second-order valence-corrected chi connectivity index (χ2v) is 6.15. The molecule has 0 N–H and O–H groups in total. The minimum Gasteiger partial charge on any atom is -0.444 e. The van der Waals surface area contributed by atoms with Crippen molar-refractivity contribution in [2.45, 2.75) is 26.4 Å². The number of anilines is 1. The quantitative estimate of drug-likeness (QED) is 0.744. The van der Waals surface area contributed by atoms with Crippen molar-refractivity contribution >= 4 is 11.8 Å². The second kappa shape index (κ2) is 6.09. The lowest BCUT2D eigenvalue weighted by Crippen LogP contribution is -2.50. The summed E-state index contributed by atoms with van der Waals surface area (Å²) in [6.07, 6.45) is 5.13. The van der Waals surface area contributed by atoms with Crippen molar-refractivity contribution in [3.05, 3.63) is 29.8 Å². The van der Waals surface area contributed by atoms with Gasteiger partial charge in [0.2, 0.25) is 0 Å². The molecule has 1 aliphatic rings. The van der Waals surface area contributed by atoms with Crippen LogP contribution in [0.25, 0.3) is 0 Å². The molecule has 1 heterocycles. The van der Waals surface area contributed by atoms with Crippen molar-refractivity contribution in [2.24, 2.45) is 0 Å². The van der Waals surface area contributed by atoms with E-state index in [9.17, 15) is 4.79 Å². The SMILES string of the molecule is C#Cc1ccc(N2CCN(C(=O)OC(C)(C)C)CC2)cc1. The molecule has 1 aromatic carbocycles. The molecule has 1 aromatic rings. The molecule has 2 rings (SSSR count). The molecule has 4 nitrogen and oxygen atoms in total. The minimum atomic E-state index is -0.445. The molecule has 0 saturated carbocycles. The molecular weight excluding hydrogens is 264 g/mol. The van der Waals surface area contributed by atoms with Crippen molar-refractivity contribution in [2.75, 3.05) is 31.1 Å². The van der Waals surface area contributed by atoms with E-state index in [0.717, 1.165) is 24.3 Å². The first-order valence-corrected chi connectivity index (χ1v) is 7.18. The summed E-state index contributed by atoms with van der Waals surface area (Å²) in [6.45, 7) is 8.59. The van der Waals surface area contributed by atoms with Crippen LogP contribution in [0, 0.1) is 12.3 Å². The molecule has 1 aliphatic heterocycles. The van der Waals surface area contributed by atoms with Gasteiger partial charge in [0.15, 0.2) is 0 Å². The van der Waals surface area contributed by atoms with Crippen LogP contribution < -0.4 is 4.90 Å². The Kier molecular flexibility index (Phi) is 4.42. The van der Waals surface area contributed by atoms with Crippen molar-refractivity contribution in [1.82, 2.24) is 4.90 Å². The maximum absolute atomic E-state index is 12.0. The molecule has 0 bridgehead atoms. The lowest BCUT2D eigenvalue weighted by Gasteiger charge is -2.36. The first-order chi connectivity index (χ1) is 9.89. The number of amides is 1. The van der Waals surface area contributed by atoms with E-state index in [1.54, 1.807) is 4.90 Å². The van der Waals surface area contributed by atoms with Crippen molar-refractivity contribution < 1.29 is 9.53 Å². The number of nitrogens with zero attached hydrogens (tertiary/aromatic N) is 2. The predicted octanol–water partition coefficient (Wildman–Crippen LogP) is 2.73. The Bertz CT molecular complexity index is 529. The number of benzene rings is 1. The molecular formula is C17H22N2O2. The number of rotatable bonds is 1. The van der Waals surface area contributed by atoms with Gasteiger partial charge in [0.05, 0.1) is 0 Å². The third-order valence-corrected chi connectivity index (χ3v) is 3.33. The van der Waals surface area contributed by atoms with Gasteiger partial charge in [-0.1, -0.05) is 5.92 Å². The van der Waals surface area contributed by atoms with Crippen LogP contribution in [0.5, 0.6) is 0 Å². The number of piperazine rings is 1. The third-order valence-electron chi connectivity index (χ3n) is 3.33. The highest BCUT2D eigenvalue weighted by Crippen LogP contribution is 2.18. The highest BCUT2D eigenvalue weighted by atomic mass is 16.6. The van der Waals surface area contributed by atoms with Gasteiger partial charge in [-0.15, -0.1) is 6.42 Å². The summed E-state index contributed by atoms with van der Waals surface area (Å²) in [6, 6.07) is 7.93. The number of hydrogen-bond acceptors (Lipinski definition) is 3. The van der Waals surface area contributed by atoms with Crippen LogP contribution in [-0.2, 0) is 4.74 Å². The van der Waals surface area contributed by atoms with E-state index >= 15 is 0 Å². The first-order valence-electron chi connectivity index (χ1n) is 7.18. The van der Waals surface area contributed by atoms with Crippen molar-refractivity contribution in [3.63, 3.8) is 0 Å². The average Bonchev–Trinajstić information content (AvgIpc) is 2.46. The molecule has 0 unspecified atom stereocenters. The van der Waals surface area contributed by atoms with Crippen molar-refractivity contribution in [3.8, 4) is 12.3 Å². The summed E-state index contributed by atoms with van der Waals surface area (Å²) < 4.78 is 5.39. The topological polar surface area (TPSA) is 32.8 Å². The van der Waals surface area contributed by atoms with Crippen molar-refractivity contribution in [1.29, 1.82) is 0 Å². The first kappa shape index (κ1) is 15.2. The molecule has 1 saturated heterocycles. The van der Waals surface area contributed by atoms with E-state index in [0.29, 0.717) is 13.1 Å². The lowest BCUT2D eigenvalue weighted by atomic mass is 10.2. The molecule has 4 heteroatoms. The molecule has 0 aromatic heterocycles. The van der Waals surface area contributed by atoms with Crippen LogP contribution in [0.1, 0.15) is 26.3 Å². The third kappa shape index (κ3) is 4.16. The maximum atomic E-state index is 12.0. The summed E-state index contributed by atoms with van der Waals surface area (Å²) in [5.41, 5.74) is 1.57. The van der Waals surface area contributed by atoms with Crippen LogP contribution in [0.3, 0.4) is 0 Å². The minimum absolute atomic E-state index is 0.232. The Morgan fingerprint density at radius 3 is 2.19 bits per heavy atom. The number of terminal acetylenes is 1. The highest BCUT2D eigenvalue weighted by molar-refractivity contribution is 5.68. The fraction of sp³-hybridized carbons (Fsp3) is 0.471. The standard InChI is InChI=1S/C17H22N2O2/c1-5-14-6-8-15(9-7-14)18-10-12-19(13-11-18)16(20)21-17(2,3)4/h1,6-9H,10-13H2,2-4H3. The monoisotopic (exact) mass is 286 g/mol. The van der Waals surface area contributed by atoms with Gasteiger partial charge in [0.1, 0.15) is 5.60 Å². The molecule has 112 valence electrons. The van der Waals surface area contributed by atoms with E-state index in [1.165, 1.54) is 0 Å². The number of carbonyl (C=O) groups excluding carboxylic acids is 1. The van der Waals surface area contributed by atoms with Crippen LogP contribution in [0.4, 0.5) is 10.5 Å². The Morgan fingerprint density at radius 1 is 1.14 bits per heavy atom. The van der Waals surface area contributed by atoms with Gasteiger partial charge >= 0.3 is 6.09 Å². The van der Waals surface area contributed by atoms with Gasteiger partial charge in [-0.05, 0) is 45.0 Å². The fourth-order valence-electron chi connectivity index (χ4n) is 2.24. The Balaban J connectivity index is 1.91. The summed E-state index contributed by atoms with van der Waals surface area (Å²) in [4.78, 5) is 16.0. The average molecular weight is 286 g/mol. The van der Waals surface area contributed by atoms with E-state index in [4.69, 9.17) is 11.2 Å². The maximum Gasteiger partial charge on any atom is 0.410 e. The van der Waals surface area contributed by atoms with Crippen LogP contribution in [0.2, 0.25) is 0 Å². The Hall–Kier alpha value is -2.15. The van der Waals surface area contributed by atoms with E-state index in [2.05, 4.69) is 10.8 Å². The summed E-state index contributed by atoms with van der Waals surface area (Å²) >= 11 is 0. The number of carbonyl (C=O) groups is 1. The van der Waals surface area contributed by atoms with Gasteiger partial charge in [-0.2, -0.15) is 0 Å². The largest absolute Gasteiger partial charge is 0.444 e. The normalized spacial score (nSPS) is 15.5. The van der Waals surface area contributed by atoms with E-state index in [-0.39, 0.29) is 6.09 Å². The van der Waals surface area contributed by atoms with Gasteiger partial charge < -0.3 is 14.5 Å².